The zero-order valence-electron chi connectivity index (χ0n) is 9.49. The molecule has 4 nitrogen and oxygen atoms in total. The Morgan fingerprint density at radius 1 is 1.60 bits per heavy atom. The molecule has 0 aromatic heterocycles. The van der Waals surface area contributed by atoms with Crippen LogP contribution >= 0.6 is 0 Å². The standard InChI is InChI=1S/C11H20N2O2/c1-8(2)11(15)5-4-6-13(7-11)9(3)10(12)14/h8,15H,3-7H2,1-2H3,(H2,12,14). The number of aliphatic hydroxyl groups is 1. The van der Waals surface area contributed by atoms with Gasteiger partial charge >= 0.3 is 0 Å². The molecule has 1 saturated heterocycles. The average molecular weight is 212 g/mol. The SMILES string of the molecule is C=C(C(N)=O)N1CCCC(O)(C(C)C)C1. The first-order chi connectivity index (χ1) is 6.87. The summed E-state index contributed by atoms with van der Waals surface area (Å²) in [5.74, 6) is -0.344. The lowest BCUT2D eigenvalue weighted by molar-refractivity contribution is -0.117. The molecule has 0 aromatic rings. The number of amides is 1. The Morgan fingerprint density at radius 3 is 2.67 bits per heavy atom. The highest BCUT2D eigenvalue weighted by Crippen LogP contribution is 2.29. The maximum absolute atomic E-state index is 11.0. The summed E-state index contributed by atoms with van der Waals surface area (Å²) < 4.78 is 0. The number of hydrogen-bond acceptors (Lipinski definition) is 3. The summed E-state index contributed by atoms with van der Waals surface area (Å²) in [5, 5.41) is 10.3. The molecule has 0 bridgehead atoms. The van der Waals surface area contributed by atoms with E-state index in [1.54, 1.807) is 4.90 Å². The number of primary amides is 1. The van der Waals surface area contributed by atoms with Crippen LogP contribution in [0.25, 0.3) is 0 Å². The van der Waals surface area contributed by atoms with Gasteiger partial charge in [-0.15, -0.1) is 0 Å². The van der Waals surface area contributed by atoms with Crippen molar-refractivity contribution in [3.8, 4) is 0 Å². The van der Waals surface area contributed by atoms with Crippen LogP contribution in [0, 0.1) is 5.92 Å². The largest absolute Gasteiger partial charge is 0.388 e. The van der Waals surface area contributed by atoms with Gasteiger partial charge in [0.05, 0.1) is 11.3 Å². The van der Waals surface area contributed by atoms with Gasteiger partial charge in [-0.1, -0.05) is 20.4 Å². The molecule has 4 heteroatoms. The van der Waals surface area contributed by atoms with Crippen molar-refractivity contribution in [3.63, 3.8) is 0 Å². The Hall–Kier alpha value is -1.03. The Bertz CT molecular complexity index is 276. The molecule has 1 amide bonds. The van der Waals surface area contributed by atoms with Crippen LogP contribution < -0.4 is 5.73 Å². The van der Waals surface area contributed by atoms with Crippen LogP contribution in [0.2, 0.25) is 0 Å². The van der Waals surface area contributed by atoms with Crippen LogP contribution in [-0.4, -0.2) is 34.6 Å². The first kappa shape index (κ1) is 12.0. The molecule has 1 unspecified atom stereocenters. The number of hydrogen-bond donors (Lipinski definition) is 2. The van der Waals surface area contributed by atoms with Crippen LogP contribution in [0.5, 0.6) is 0 Å². The molecule has 1 rings (SSSR count). The number of piperidine rings is 1. The molecule has 1 atom stereocenters. The second-order valence-electron chi connectivity index (χ2n) is 4.59. The van der Waals surface area contributed by atoms with Crippen molar-refractivity contribution >= 4 is 5.91 Å². The van der Waals surface area contributed by atoms with E-state index in [9.17, 15) is 9.90 Å². The second kappa shape index (κ2) is 4.23. The van der Waals surface area contributed by atoms with E-state index in [1.165, 1.54) is 0 Å². The monoisotopic (exact) mass is 212 g/mol. The van der Waals surface area contributed by atoms with Gasteiger partial charge < -0.3 is 15.7 Å². The molecule has 0 saturated carbocycles. The third-order valence-electron chi connectivity index (χ3n) is 3.24. The van der Waals surface area contributed by atoms with Crippen LogP contribution in [0.1, 0.15) is 26.7 Å². The number of nitrogens with zero attached hydrogens (tertiary/aromatic N) is 1. The fourth-order valence-electron chi connectivity index (χ4n) is 1.92. The lowest BCUT2D eigenvalue weighted by Crippen LogP contribution is -2.51. The second-order valence-corrected chi connectivity index (χ2v) is 4.59. The predicted molar refractivity (Wildman–Crippen MR) is 58.9 cm³/mol. The predicted octanol–water partition coefficient (Wildman–Crippen LogP) is 0.468. The van der Waals surface area contributed by atoms with Gasteiger partial charge in [0.25, 0.3) is 5.91 Å². The van der Waals surface area contributed by atoms with E-state index in [-0.39, 0.29) is 5.92 Å². The Morgan fingerprint density at radius 2 is 2.20 bits per heavy atom. The fraction of sp³-hybridized carbons (Fsp3) is 0.727. The van der Waals surface area contributed by atoms with Crippen LogP contribution in [0.3, 0.4) is 0 Å². The highest BCUT2D eigenvalue weighted by Gasteiger charge is 2.36. The molecule has 1 fully saturated rings. The summed E-state index contributed by atoms with van der Waals surface area (Å²) in [7, 11) is 0. The highest BCUT2D eigenvalue weighted by atomic mass is 16.3. The summed E-state index contributed by atoms with van der Waals surface area (Å²) in [4.78, 5) is 12.8. The van der Waals surface area contributed by atoms with Crippen molar-refractivity contribution in [2.45, 2.75) is 32.3 Å². The number of likely N-dealkylation sites (tertiary alicyclic amines) is 1. The van der Waals surface area contributed by atoms with E-state index in [1.807, 2.05) is 13.8 Å². The number of carbonyl (C=O) groups is 1. The topological polar surface area (TPSA) is 66.6 Å². The van der Waals surface area contributed by atoms with Gasteiger partial charge in [-0.25, -0.2) is 0 Å². The third-order valence-corrected chi connectivity index (χ3v) is 3.24. The van der Waals surface area contributed by atoms with E-state index < -0.39 is 11.5 Å². The Balaban J connectivity index is 2.72. The molecule has 86 valence electrons. The molecular weight excluding hydrogens is 192 g/mol. The normalized spacial score (nSPS) is 26.8. The third kappa shape index (κ3) is 2.50. The van der Waals surface area contributed by atoms with Crippen molar-refractivity contribution < 1.29 is 9.90 Å². The lowest BCUT2D eigenvalue weighted by atomic mass is 9.83. The first-order valence-corrected chi connectivity index (χ1v) is 5.33. The van der Waals surface area contributed by atoms with Gasteiger partial charge in [0.2, 0.25) is 0 Å². The van der Waals surface area contributed by atoms with Crippen LogP contribution in [0.4, 0.5) is 0 Å². The zero-order valence-corrected chi connectivity index (χ0v) is 9.49. The van der Waals surface area contributed by atoms with E-state index in [0.717, 1.165) is 19.4 Å². The van der Waals surface area contributed by atoms with Crippen LogP contribution in [0.15, 0.2) is 12.3 Å². The molecule has 1 aliphatic heterocycles. The molecule has 1 aliphatic rings. The van der Waals surface area contributed by atoms with Crippen molar-refractivity contribution in [2.24, 2.45) is 11.7 Å². The summed E-state index contributed by atoms with van der Waals surface area (Å²) in [6, 6.07) is 0. The lowest BCUT2D eigenvalue weighted by Gasteiger charge is -2.42. The molecule has 0 aromatic carbocycles. The van der Waals surface area contributed by atoms with E-state index in [2.05, 4.69) is 6.58 Å². The summed E-state index contributed by atoms with van der Waals surface area (Å²) in [6.45, 7) is 8.81. The maximum atomic E-state index is 11.0. The van der Waals surface area contributed by atoms with E-state index >= 15 is 0 Å². The minimum absolute atomic E-state index is 0.168. The first-order valence-electron chi connectivity index (χ1n) is 5.33. The molecule has 15 heavy (non-hydrogen) atoms. The molecule has 1 heterocycles. The minimum Gasteiger partial charge on any atom is -0.388 e. The average Bonchev–Trinajstić information content (AvgIpc) is 2.16. The van der Waals surface area contributed by atoms with Gasteiger partial charge in [0.15, 0.2) is 0 Å². The van der Waals surface area contributed by atoms with Crippen molar-refractivity contribution in [2.75, 3.05) is 13.1 Å². The highest BCUT2D eigenvalue weighted by molar-refractivity contribution is 5.90. The van der Waals surface area contributed by atoms with Crippen molar-refractivity contribution in [3.05, 3.63) is 12.3 Å². The zero-order chi connectivity index (χ0) is 11.6. The molecule has 0 spiro atoms. The maximum Gasteiger partial charge on any atom is 0.264 e. The fourth-order valence-corrected chi connectivity index (χ4v) is 1.92. The van der Waals surface area contributed by atoms with E-state index in [4.69, 9.17) is 5.73 Å². The Labute approximate surface area is 90.7 Å². The van der Waals surface area contributed by atoms with Crippen molar-refractivity contribution in [1.82, 2.24) is 4.90 Å². The number of carbonyl (C=O) groups excluding carboxylic acids is 1. The van der Waals surface area contributed by atoms with Gasteiger partial charge in [0, 0.05) is 13.1 Å². The molecule has 0 aliphatic carbocycles. The smallest absolute Gasteiger partial charge is 0.264 e. The summed E-state index contributed by atoms with van der Waals surface area (Å²) >= 11 is 0. The van der Waals surface area contributed by atoms with Crippen molar-refractivity contribution in [1.29, 1.82) is 0 Å². The molecule has 0 radical (unpaired) electrons. The van der Waals surface area contributed by atoms with Gasteiger partial charge in [-0.3, -0.25) is 4.79 Å². The summed E-state index contributed by atoms with van der Waals surface area (Å²) in [6.07, 6.45) is 1.63. The van der Waals surface area contributed by atoms with Gasteiger partial charge in [-0.2, -0.15) is 0 Å². The van der Waals surface area contributed by atoms with Gasteiger partial charge in [0.1, 0.15) is 0 Å². The number of rotatable bonds is 3. The van der Waals surface area contributed by atoms with Crippen LogP contribution in [-0.2, 0) is 4.79 Å². The minimum atomic E-state index is -0.726. The van der Waals surface area contributed by atoms with Gasteiger partial charge in [-0.05, 0) is 18.8 Å². The molecular formula is C11H20N2O2. The Kier molecular flexibility index (Phi) is 3.39. The number of β-amino-alcohol motifs (C(OH)–C–C–N with tert-alkyl or cyclic N) is 1. The van der Waals surface area contributed by atoms with E-state index in [0.29, 0.717) is 12.2 Å². The summed E-state index contributed by atoms with van der Waals surface area (Å²) in [5.41, 5.74) is 4.74. The number of nitrogens with two attached hydrogens (primary N) is 1. The quantitative estimate of drug-likeness (QED) is 0.668. The molecule has 3 N–H and O–H groups in total.